The lowest BCUT2D eigenvalue weighted by Gasteiger charge is -2.15. The van der Waals surface area contributed by atoms with Gasteiger partial charge in [0.2, 0.25) is 10.0 Å². The van der Waals surface area contributed by atoms with Crippen LogP contribution in [0.2, 0.25) is 0 Å². The summed E-state index contributed by atoms with van der Waals surface area (Å²) in [6.45, 7) is -1.89. The molecular formula is C18H18F2N2O4S. The summed E-state index contributed by atoms with van der Waals surface area (Å²) < 4.78 is 54.9. The highest BCUT2D eigenvalue weighted by molar-refractivity contribution is 7.89. The lowest BCUT2D eigenvalue weighted by molar-refractivity contribution is -0.0498. The number of amides is 1. The fourth-order valence-corrected chi connectivity index (χ4v) is 4.30. The van der Waals surface area contributed by atoms with Gasteiger partial charge in [0.05, 0.1) is 4.90 Å². The first-order chi connectivity index (χ1) is 12.9. The summed E-state index contributed by atoms with van der Waals surface area (Å²) in [5.41, 5.74) is 0.679. The Morgan fingerprint density at radius 2 is 1.59 bits per heavy atom. The van der Waals surface area contributed by atoms with E-state index in [0.29, 0.717) is 18.8 Å². The van der Waals surface area contributed by atoms with Crippen molar-refractivity contribution in [3.8, 4) is 5.75 Å². The van der Waals surface area contributed by atoms with Crippen molar-refractivity contribution >= 4 is 21.6 Å². The molecule has 0 saturated carbocycles. The van der Waals surface area contributed by atoms with E-state index < -0.39 is 22.5 Å². The summed E-state index contributed by atoms with van der Waals surface area (Å²) in [6, 6.07) is 11.2. The van der Waals surface area contributed by atoms with Crippen molar-refractivity contribution in [2.75, 3.05) is 18.4 Å². The molecule has 144 valence electrons. The zero-order valence-corrected chi connectivity index (χ0v) is 15.1. The minimum atomic E-state index is -3.51. The van der Waals surface area contributed by atoms with Crippen LogP contribution in [0.5, 0.6) is 5.75 Å². The van der Waals surface area contributed by atoms with Crippen molar-refractivity contribution in [3.63, 3.8) is 0 Å². The average Bonchev–Trinajstić information content (AvgIpc) is 3.18. The standard InChI is InChI=1S/C18H18F2N2O4S/c19-18(20)26-15-7-3-13(4-8-15)17(23)21-14-5-9-16(10-6-14)27(24,25)22-11-1-2-12-22/h3-10,18H,1-2,11-12H2,(H,21,23). The Balaban J connectivity index is 1.66. The average molecular weight is 396 g/mol. The lowest BCUT2D eigenvalue weighted by atomic mass is 10.2. The van der Waals surface area contributed by atoms with Crippen LogP contribution >= 0.6 is 0 Å². The number of anilines is 1. The molecule has 0 radical (unpaired) electrons. The Bertz CT molecular complexity index is 894. The van der Waals surface area contributed by atoms with Crippen LogP contribution in [-0.2, 0) is 10.0 Å². The molecule has 1 fully saturated rings. The van der Waals surface area contributed by atoms with Crippen molar-refractivity contribution < 1.29 is 26.7 Å². The van der Waals surface area contributed by atoms with Crippen molar-refractivity contribution in [1.82, 2.24) is 4.31 Å². The highest BCUT2D eigenvalue weighted by Gasteiger charge is 2.26. The zero-order chi connectivity index (χ0) is 19.4. The van der Waals surface area contributed by atoms with Gasteiger partial charge in [-0.2, -0.15) is 13.1 Å². The number of nitrogens with one attached hydrogen (secondary N) is 1. The molecule has 0 bridgehead atoms. The monoisotopic (exact) mass is 396 g/mol. The maximum Gasteiger partial charge on any atom is 0.387 e. The Morgan fingerprint density at radius 3 is 2.15 bits per heavy atom. The number of alkyl halides is 2. The van der Waals surface area contributed by atoms with Crippen molar-refractivity contribution in [1.29, 1.82) is 0 Å². The van der Waals surface area contributed by atoms with Crippen molar-refractivity contribution in [3.05, 3.63) is 54.1 Å². The number of ether oxygens (including phenoxy) is 1. The third kappa shape index (κ3) is 4.61. The number of rotatable bonds is 6. The molecule has 1 heterocycles. The fourth-order valence-electron chi connectivity index (χ4n) is 2.78. The van der Waals surface area contributed by atoms with Gasteiger partial charge in [-0.05, 0) is 61.4 Å². The van der Waals surface area contributed by atoms with Crippen LogP contribution < -0.4 is 10.1 Å². The number of benzene rings is 2. The first kappa shape index (κ1) is 19.2. The van der Waals surface area contributed by atoms with E-state index in [9.17, 15) is 22.0 Å². The molecule has 2 aromatic rings. The lowest BCUT2D eigenvalue weighted by Crippen LogP contribution is -2.27. The van der Waals surface area contributed by atoms with Crippen LogP contribution in [0.3, 0.4) is 0 Å². The molecule has 2 aromatic carbocycles. The van der Waals surface area contributed by atoms with Crippen molar-refractivity contribution in [2.24, 2.45) is 0 Å². The largest absolute Gasteiger partial charge is 0.435 e. The van der Waals surface area contributed by atoms with E-state index in [1.54, 1.807) is 0 Å². The van der Waals surface area contributed by atoms with Gasteiger partial charge in [0.25, 0.3) is 5.91 Å². The summed E-state index contributed by atoms with van der Waals surface area (Å²) in [5.74, 6) is -0.494. The second-order valence-corrected chi connectivity index (χ2v) is 7.93. The molecule has 1 amide bonds. The van der Waals surface area contributed by atoms with E-state index in [1.807, 2.05) is 0 Å². The Kier molecular flexibility index (Phi) is 5.71. The fraction of sp³-hybridized carbons (Fsp3) is 0.278. The molecule has 9 heteroatoms. The van der Waals surface area contributed by atoms with Crippen LogP contribution in [0, 0.1) is 0 Å². The minimum Gasteiger partial charge on any atom is -0.435 e. The number of hydrogen-bond donors (Lipinski definition) is 1. The maximum absolute atomic E-state index is 12.5. The topological polar surface area (TPSA) is 75.7 Å². The number of carbonyl (C=O) groups excluding carboxylic acids is 1. The van der Waals surface area contributed by atoms with Gasteiger partial charge in [-0.1, -0.05) is 0 Å². The third-order valence-corrected chi connectivity index (χ3v) is 6.07. The van der Waals surface area contributed by atoms with Gasteiger partial charge in [0.1, 0.15) is 5.75 Å². The van der Waals surface area contributed by atoms with E-state index in [0.717, 1.165) is 12.8 Å². The Hall–Kier alpha value is -2.52. The second-order valence-electron chi connectivity index (χ2n) is 5.99. The molecule has 6 nitrogen and oxygen atoms in total. The third-order valence-electron chi connectivity index (χ3n) is 4.16. The van der Waals surface area contributed by atoms with Gasteiger partial charge in [-0.3, -0.25) is 4.79 Å². The first-order valence-electron chi connectivity index (χ1n) is 8.33. The Morgan fingerprint density at radius 1 is 1.00 bits per heavy atom. The van der Waals surface area contributed by atoms with E-state index in [2.05, 4.69) is 10.1 Å². The van der Waals surface area contributed by atoms with Gasteiger partial charge < -0.3 is 10.1 Å². The number of sulfonamides is 1. The zero-order valence-electron chi connectivity index (χ0n) is 14.3. The molecule has 27 heavy (non-hydrogen) atoms. The van der Waals surface area contributed by atoms with Crippen LogP contribution in [0.15, 0.2) is 53.4 Å². The van der Waals surface area contributed by atoms with Gasteiger partial charge in [-0.25, -0.2) is 8.42 Å². The molecule has 0 aromatic heterocycles. The maximum atomic E-state index is 12.5. The van der Waals surface area contributed by atoms with Crippen molar-refractivity contribution in [2.45, 2.75) is 24.3 Å². The number of halogens is 2. The normalized spacial score (nSPS) is 15.1. The van der Waals surface area contributed by atoms with E-state index in [1.165, 1.54) is 52.8 Å². The van der Waals surface area contributed by atoms with E-state index in [-0.39, 0.29) is 16.2 Å². The second kappa shape index (κ2) is 8.01. The highest BCUT2D eigenvalue weighted by Crippen LogP contribution is 2.22. The summed E-state index contributed by atoms with van der Waals surface area (Å²) >= 11 is 0. The number of nitrogens with zero attached hydrogens (tertiary/aromatic N) is 1. The van der Waals surface area contributed by atoms with Crippen LogP contribution in [0.4, 0.5) is 14.5 Å². The van der Waals surface area contributed by atoms with Gasteiger partial charge >= 0.3 is 6.61 Å². The molecule has 1 saturated heterocycles. The minimum absolute atomic E-state index is 0.0435. The first-order valence-corrected chi connectivity index (χ1v) is 9.77. The molecule has 1 N–H and O–H groups in total. The van der Waals surface area contributed by atoms with Gasteiger partial charge in [0, 0.05) is 24.3 Å². The number of hydrogen-bond acceptors (Lipinski definition) is 4. The van der Waals surface area contributed by atoms with Gasteiger partial charge in [0.15, 0.2) is 0 Å². The van der Waals surface area contributed by atoms with Gasteiger partial charge in [-0.15, -0.1) is 0 Å². The molecular weight excluding hydrogens is 378 g/mol. The molecule has 0 unspecified atom stereocenters. The summed E-state index contributed by atoms with van der Waals surface area (Å²) in [7, 11) is -3.51. The quantitative estimate of drug-likeness (QED) is 0.813. The smallest absolute Gasteiger partial charge is 0.387 e. The highest BCUT2D eigenvalue weighted by atomic mass is 32.2. The SMILES string of the molecule is O=C(Nc1ccc(S(=O)(=O)N2CCCC2)cc1)c1ccc(OC(F)F)cc1. The molecule has 3 rings (SSSR count). The Labute approximate surface area is 155 Å². The molecule has 0 aliphatic carbocycles. The molecule has 0 spiro atoms. The van der Waals surface area contributed by atoms with Crippen LogP contribution in [-0.4, -0.2) is 38.3 Å². The molecule has 1 aliphatic heterocycles. The van der Waals surface area contributed by atoms with E-state index >= 15 is 0 Å². The molecule has 0 atom stereocenters. The summed E-state index contributed by atoms with van der Waals surface area (Å²) in [4.78, 5) is 12.4. The molecule has 1 aliphatic rings. The van der Waals surface area contributed by atoms with Crippen LogP contribution in [0.25, 0.3) is 0 Å². The predicted octanol–water partition coefficient (Wildman–Crippen LogP) is 3.32. The summed E-state index contributed by atoms with van der Waals surface area (Å²) in [5, 5.41) is 2.63. The number of carbonyl (C=O) groups is 1. The van der Waals surface area contributed by atoms with E-state index in [4.69, 9.17) is 0 Å². The summed E-state index contributed by atoms with van der Waals surface area (Å²) in [6.07, 6.45) is 1.71. The predicted molar refractivity (Wildman–Crippen MR) is 95.5 cm³/mol. The van der Waals surface area contributed by atoms with Crippen LogP contribution in [0.1, 0.15) is 23.2 Å².